The first kappa shape index (κ1) is 12.5. The fraction of sp³-hybridized carbons (Fsp3) is 0.538. The molecule has 1 aromatic rings. The smallest absolute Gasteiger partial charge is 0.129 e. The zero-order valence-corrected chi connectivity index (χ0v) is 10.0. The van der Waals surface area contributed by atoms with Crippen molar-refractivity contribution in [1.29, 1.82) is 0 Å². The Bertz CT molecular complexity index is 352. The molecule has 16 heavy (non-hydrogen) atoms. The minimum atomic E-state index is 0.435. The summed E-state index contributed by atoms with van der Waals surface area (Å²) in [6.07, 6.45) is 9.78. The predicted octanol–water partition coefficient (Wildman–Crippen LogP) is 2.82. The van der Waals surface area contributed by atoms with E-state index in [2.05, 4.69) is 35.1 Å². The monoisotopic (exact) mass is 217 g/mol. The van der Waals surface area contributed by atoms with Crippen molar-refractivity contribution in [2.45, 2.75) is 39.0 Å². The van der Waals surface area contributed by atoms with E-state index in [-0.39, 0.29) is 0 Å². The van der Waals surface area contributed by atoms with Crippen LogP contribution in [0.1, 0.15) is 44.7 Å². The molecule has 0 fully saturated rings. The summed E-state index contributed by atoms with van der Waals surface area (Å²) in [7, 11) is 0. The molecule has 0 unspecified atom stereocenters. The molecule has 0 aliphatic heterocycles. The van der Waals surface area contributed by atoms with Crippen molar-refractivity contribution in [3.8, 4) is 12.3 Å². The van der Waals surface area contributed by atoms with Crippen LogP contribution in [0.25, 0.3) is 0 Å². The highest BCUT2D eigenvalue weighted by molar-refractivity contribution is 5.35. The Labute approximate surface area is 97.7 Å². The third-order valence-corrected chi connectivity index (χ3v) is 2.33. The summed E-state index contributed by atoms with van der Waals surface area (Å²) in [5.74, 6) is 3.97. The molecule has 1 aromatic heterocycles. The average molecular weight is 217 g/mol. The summed E-state index contributed by atoms with van der Waals surface area (Å²) >= 11 is 0. The Kier molecular flexibility index (Phi) is 5.35. The molecule has 0 aliphatic rings. The van der Waals surface area contributed by atoms with Gasteiger partial charge in [0, 0.05) is 24.7 Å². The quantitative estimate of drug-likeness (QED) is 0.588. The lowest BCUT2D eigenvalue weighted by atomic mass is 10.1. The largest absolute Gasteiger partial charge is 0.370 e. The van der Waals surface area contributed by atoms with Crippen molar-refractivity contribution in [3.63, 3.8) is 0 Å². The van der Waals surface area contributed by atoms with Gasteiger partial charge in [0.25, 0.3) is 0 Å². The molecule has 0 radical (unpaired) electrons. The summed E-state index contributed by atoms with van der Waals surface area (Å²) in [5, 5.41) is 3.28. The number of terminal acetylenes is 1. The fourth-order valence-corrected chi connectivity index (χ4v) is 1.35. The van der Waals surface area contributed by atoms with E-state index in [0.717, 1.165) is 37.3 Å². The topological polar surface area (TPSA) is 37.8 Å². The molecular formula is C13H19N3. The molecule has 0 amide bonds. The highest BCUT2D eigenvalue weighted by Crippen LogP contribution is 2.13. The third kappa shape index (κ3) is 4.31. The van der Waals surface area contributed by atoms with E-state index in [1.807, 2.05) is 6.07 Å². The van der Waals surface area contributed by atoms with Crippen molar-refractivity contribution in [1.82, 2.24) is 9.97 Å². The lowest BCUT2D eigenvalue weighted by Gasteiger charge is -2.08. The van der Waals surface area contributed by atoms with Crippen LogP contribution in [0.2, 0.25) is 0 Å². The van der Waals surface area contributed by atoms with E-state index in [9.17, 15) is 0 Å². The molecule has 86 valence electrons. The third-order valence-electron chi connectivity index (χ3n) is 2.33. The number of unbranched alkanes of at least 4 members (excludes halogenated alkanes) is 2. The minimum Gasteiger partial charge on any atom is -0.370 e. The van der Waals surface area contributed by atoms with Gasteiger partial charge < -0.3 is 5.32 Å². The van der Waals surface area contributed by atoms with E-state index in [1.54, 1.807) is 6.33 Å². The SMILES string of the molecule is C#CCCCCNc1cc(C(C)C)ncn1. The Morgan fingerprint density at radius 1 is 1.38 bits per heavy atom. The van der Waals surface area contributed by atoms with Gasteiger partial charge in [-0.05, 0) is 18.8 Å². The number of rotatable bonds is 6. The molecule has 0 aliphatic carbocycles. The number of nitrogens with zero attached hydrogens (tertiary/aromatic N) is 2. The zero-order valence-electron chi connectivity index (χ0n) is 10.0. The first-order valence-corrected chi connectivity index (χ1v) is 5.73. The second kappa shape index (κ2) is 6.84. The number of hydrogen-bond acceptors (Lipinski definition) is 3. The number of anilines is 1. The molecule has 3 nitrogen and oxygen atoms in total. The summed E-state index contributed by atoms with van der Waals surface area (Å²) < 4.78 is 0. The van der Waals surface area contributed by atoms with Gasteiger partial charge in [-0.1, -0.05) is 13.8 Å². The Morgan fingerprint density at radius 3 is 2.88 bits per heavy atom. The molecule has 0 aromatic carbocycles. The number of aromatic nitrogens is 2. The molecule has 0 bridgehead atoms. The van der Waals surface area contributed by atoms with Gasteiger partial charge in [0.15, 0.2) is 0 Å². The van der Waals surface area contributed by atoms with E-state index in [0.29, 0.717) is 5.92 Å². The maximum absolute atomic E-state index is 5.18. The first-order chi connectivity index (χ1) is 7.74. The molecule has 3 heteroatoms. The second-order valence-electron chi connectivity index (χ2n) is 4.07. The van der Waals surface area contributed by atoms with Gasteiger partial charge in [-0.3, -0.25) is 0 Å². The van der Waals surface area contributed by atoms with Crippen LogP contribution >= 0.6 is 0 Å². The molecular weight excluding hydrogens is 198 g/mol. The van der Waals surface area contributed by atoms with Crippen LogP contribution in [0.15, 0.2) is 12.4 Å². The maximum Gasteiger partial charge on any atom is 0.129 e. The van der Waals surface area contributed by atoms with Gasteiger partial charge in [0.05, 0.1) is 0 Å². The average Bonchev–Trinajstić information content (AvgIpc) is 2.29. The summed E-state index contributed by atoms with van der Waals surface area (Å²) in [5.41, 5.74) is 1.07. The van der Waals surface area contributed by atoms with Gasteiger partial charge in [-0.25, -0.2) is 9.97 Å². The summed E-state index contributed by atoms with van der Waals surface area (Å²) in [6.45, 7) is 5.16. The standard InChI is InChI=1S/C13H19N3/c1-4-5-6-7-8-14-13-9-12(11(2)3)15-10-16-13/h1,9-11H,5-8H2,2-3H3,(H,14,15,16). The van der Waals surface area contributed by atoms with Crippen molar-refractivity contribution < 1.29 is 0 Å². The summed E-state index contributed by atoms with van der Waals surface area (Å²) in [6, 6.07) is 2.01. The molecule has 0 atom stereocenters. The second-order valence-corrected chi connectivity index (χ2v) is 4.07. The normalized spacial score (nSPS) is 10.1. The molecule has 1 rings (SSSR count). The van der Waals surface area contributed by atoms with Crippen molar-refractivity contribution in [3.05, 3.63) is 18.1 Å². The number of nitrogens with one attached hydrogen (secondary N) is 1. The Hall–Kier alpha value is -1.56. The van der Waals surface area contributed by atoms with Gasteiger partial charge in [0.1, 0.15) is 12.1 Å². The highest BCUT2D eigenvalue weighted by atomic mass is 15.0. The van der Waals surface area contributed by atoms with Crippen LogP contribution < -0.4 is 5.32 Å². The summed E-state index contributed by atoms with van der Waals surface area (Å²) in [4.78, 5) is 8.40. The zero-order chi connectivity index (χ0) is 11.8. The minimum absolute atomic E-state index is 0.435. The highest BCUT2D eigenvalue weighted by Gasteiger charge is 2.02. The van der Waals surface area contributed by atoms with Gasteiger partial charge in [-0.2, -0.15) is 0 Å². The van der Waals surface area contributed by atoms with Gasteiger partial charge in [0.2, 0.25) is 0 Å². The van der Waals surface area contributed by atoms with Crippen molar-refractivity contribution >= 4 is 5.82 Å². The van der Waals surface area contributed by atoms with Gasteiger partial charge >= 0.3 is 0 Å². The Morgan fingerprint density at radius 2 is 2.19 bits per heavy atom. The van der Waals surface area contributed by atoms with Crippen molar-refractivity contribution in [2.24, 2.45) is 0 Å². The van der Waals surface area contributed by atoms with E-state index >= 15 is 0 Å². The molecule has 0 spiro atoms. The predicted molar refractivity (Wildman–Crippen MR) is 67.3 cm³/mol. The Balaban J connectivity index is 2.37. The van der Waals surface area contributed by atoms with Crippen LogP contribution in [0.5, 0.6) is 0 Å². The first-order valence-electron chi connectivity index (χ1n) is 5.73. The molecule has 1 heterocycles. The maximum atomic E-state index is 5.18. The van der Waals surface area contributed by atoms with Crippen molar-refractivity contribution in [2.75, 3.05) is 11.9 Å². The van der Waals surface area contributed by atoms with E-state index < -0.39 is 0 Å². The van der Waals surface area contributed by atoms with Crippen LogP contribution in [-0.2, 0) is 0 Å². The van der Waals surface area contributed by atoms with Crippen LogP contribution in [-0.4, -0.2) is 16.5 Å². The molecule has 1 N–H and O–H groups in total. The van der Waals surface area contributed by atoms with Crippen LogP contribution in [0.3, 0.4) is 0 Å². The molecule has 0 saturated carbocycles. The van der Waals surface area contributed by atoms with E-state index in [4.69, 9.17) is 6.42 Å². The molecule has 0 saturated heterocycles. The van der Waals surface area contributed by atoms with E-state index in [1.165, 1.54) is 0 Å². The number of hydrogen-bond donors (Lipinski definition) is 1. The van der Waals surface area contributed by atoms with Gasteiger partial charge in [-0.15, -0.1) is 12.3 Å². The lowest BCUT2D eigenvalue weighted by Crippen LogP contribution is -2.05. The fourth-order valence-electron chi connectivity index (χ4n) is 1.35. The van der Waals surface area contributed by atoms with Crippen LogP contribution in [0.4, 0.5) is 5.82 Å². The van der Waals surface area contributed by atoms with Crippen LogP contribution in [0, 0.1) is 12.3 Å². The lowest BCUT2D eigenvalue weighted by molar-refractivity contribution is 0.782.